The van der Waals surface area contributed by atoms with Crippen LogP contribution in [-0.4, -0.2) is 79.8 Å². The van der Waals surface area contributed by atoms with Gasteiger partial charge in [-0.2, -0.15) is 0 Å². The predicted molar refractivity (Wildman–Crippen MR) is 107 cm³/mol. The van der Waals surface area contributed by atoms with Gasteiger partial charge in [0.15, 0.2) is 0 Å². The van der Waals surface area contributed by atoms with Crippen LogP contribution in [-0.2, 0) is 9.53 Å². The van der Waals surface area contributed by atoms with E-state index in [0.29, 0.717) is 19.8 Å². The van der Waals surface area contributed by atoms with Crippen molar-refractivity contribution in [2.75, 3.05) is 55.7 Å². The van der Waals surface area contributed by atoms with Gasteiger partial charge in [-0.3, -0.25) is 10.1 Å². The summed E-state index contributed by atoms with van der Waals surface area (Å²) in [6.45, 7) is 3.98. The Morgan fingerprint density at radius 2 is 1.93 bits per heavy atom. The van der Waals surface area contributed by atoms with Crippen molar-refractivity contribution in [1.29, 1.82) is 0 Å². The Kier molecular flexibility index (Phi) is 7.07. The Labute approximate surface area is 174 Å². The Morgan fingerprint density at radius 3 is 2.62 bits per heavy atom. The first-order valence-electron chi connectivity index (χ1n) is 9.81. The van der Waals surface area contributed by atoms with Crippen molar-refractivity contribution in [2.45, 2.75) is 37.3 Å². The number of piperidine rings is 1. The lowest BCUT2D eigenvalue weighted by molar-refractivity contribution is -0.124. The summed E-state index contributed by atoms with van der Waals surface area (Å²) in [5, 5.41) is 5.54. The molecule has 8 nitrogen and oxygen atoms in total. The van der Waals surface area contributed by atoms with E-state index in [1.54, 1.807) is 6.33 Å². The molecule has 3 fully saturated rings. The summed E-state index contributed by atoms with van der Waals surface area (Å²) in [6, 6.07) is 1.06. The molecule has 0 saturated carbocycles. The normalized spacial score (nSPS) is 26.7. The first-order valence-corrected chi connectivity index (χ1v) is 9.81. The summed E-state index contributed by atoms with van der Waals surface area (Å²) >= 11 is 0. The zero-order valence-corrected chi connectivity index (χ0v) is 17.0. The first-order chi connectivity index (χ1) is 13.5. The van der Waals surface area contributed by atoms with Crippen LogP contribution < -0.4 is 20.4 Å². The number of hydrogen-bond donors (Lipinski definition) is 2. The molecule has 1 aromatic rings. The fourth-order valence-electron chi connectivity index (χ4n) is 3.98. The summed E-state index contributed by atoms with van der Waals surface area (Å²) in [5.74, 6) is -1.46. The topological polar surface area (TPSA) is 82.6 Å². The molecule has 3 aliphatic heterocycles. The first kappa shape index (κ1) is 21.9. The van der Waals surface area contributed by atoms with Gasteiger partial charge in [0.25, 0.3) is 5.92 Å². The van der Waals surface area contributed by atoms with Crippen molar-refractivity contribution in [2.24, 2.45) is 0 Å². The third-order valence-electron chi connectivity index (χ3n) is 5.49. The van der Waals surface area contributed by atoms with Crippen molar-refractivity contribution in [3.05, 3.63) is 12.4 Å². The van der Waals surface area contributed by atoms with Gasteiger partial charge in [0.2, 0.25) is 5.91 Å². The van der Waals surface area contributed by atoms with E-state index in [-0.39, 0.29) is 24.4 Å². The molecule has 3 aliphatic rings. The second-order valence-corrected chi connectivity index (χ2v) is 7.62. The molecule has 1 amide bonds. The Hall–Kier alpha value is -1.78. The number of amides is 1. The van der Waals surface area contributed by atoms with E-state index in [0.717, 1.165) is 44.1 Å². The van der Waals surface area contributed by atoms with Crippen molar-refractivity contribution in [1.82, 2.24) is 20.6 Å². The van der Waals surface area contributed by atoms with Crippen LogP contribution in [0.1, 0.15) is 19.3 Å². The molecule has 1 aromatic heterocycles. The van der Waals surface area contributed by atoms with E-state index in [1.165, 1.54) is 0 Å². The fourth-order valence-corrected chi connectivity index (χ4v) is 3.98. The highest BCUT2D eigenvalue weighted by Gasteiger charge is 2.42. The average Bonchev–Trinajstić information content (AvgIpc) is 3.09. The molecule has 0 spiro atoms. The lowest BCUT2D eigenvalue weighted by Gasteiger charge is -2.35. The van der Waals surface area contributed by atoms with Gasteiger partial charge in [-0.1, -0.05) is 0 Å². The van der Waals surface area contributed by atoms with Gasteiger partial charge in [0.05, 0.1) is 25.8 Å². The summed E-state index contributed by atoms with van der Waals surface area (Å²) in [4.78, 5) is 25.4. The predicted octanol–water partition coefficient (Wildman–Crippen LogP) is 0.817. The van der Waals surface area contributed by atoms with Gasteiger partial charge in [-0.25, -0.2) is 18.7 Å². The zero-order chi connectivity index (χ0) is 19.6. The van der Waals surface area contributed by atoms with Crippen LogP contribution in [0.3, 0.4) is 0 Å². The lowest BCUT2D eigenvalue weighted by Crippen LogP contribution is -2.52. The van der Waals surface area contributed by atoms with Crippen LogP contribution >= 0.6 is 12.4 Å². The SMILES string of the molecule is Cl.O=C(NC1CCCN(c2cc(N3CCOCC3)ncn2)C1)C1CC(F)(F)CN1. The second-order valence-electron chi connectivity index (χ2n) is 7.62. The monoisotopic (exact) mass is 432 g/mol. The van der Waals surface area contributed by atoms with Gasteiger partial charge in [-0.15, -0.1) is 12.4 Å². The molecule has 0 bridgehead atoms. The van der Waals surface area contributed by atoms with Crippen LogP contribution in [0.5, 0.6) is 0 Å². The molecule has 2 N–H and O–H groups in total. The summed E-state index contributed by atoms with van der Waals surface area (Å²) in [6.07, 6.45) is 2.85. The minimum Gasteiger partial charge on any atom is -0.378 e. The number of ether oxygens (including phenoxy) is 1. The smallest absolute Gasteiger partial charge is 0.262 e. The second kappa shape index (κ2) is 9.36. The average molecular weight is 433 g/mol. The van der Waals surface area contributed by atoms with E-state index in [1.807, 2.05) is 6.07 Å². The molecule has 162 valence electrons. The van der Waals surface area contributed by atoms with Crippen molar-refractivity contribution in [3.63, 3.8) is 0 Å². The summed E-state index contributed by atoms with van der Waals surface area (Å²) in [5.41, 5.74) is 0. The number of rotatable bonds is 4. The van der Waals surface area contributed by atoms with Gasteiger partial charge in [-0.05, 0) is 12.8 Å². The summed E-state index contributed by atoms with van der Waals surface area (Å²) in [7, 11) is 0. The maximum absolute atomic E-state index is 13.3. The van der Waals surface area contributed by atoms with Crippen molar-refractivity contribution in [3.8, 4) is 0 Å². The molecule has 0 aromatic carbocycles. The lowest BCUT2D eigenvalue weighted by atomic mass is 10.0. The van der Waals surface area contributed by atoms with E-state index in [2.05, 4.69) is 30.4 Å². The number of morpholine rings is 1. The van der Waals surface area contributed by atoms with Crippen molar-refractivity contribution >= 4 is 29.9 Å². The number of halogens is 3. The number of carbonyl (C=O) groups is 1. The third-order valence-corrected chi connectivity index (χ3v) is 5.49. The standard InChI is InChI=1S/C18H26F2N6O2.ClH/c19-18(20)9-14(21-11-18)17(27)24-13-2-1-3-26(10-13)16-8-15(22-12-23-16)25-4-6-28-7-5-25;/h8,12-14,21H,1-7,9-11H2,(H,24,27);1H. The molecule has 2 unspecified atom stereocenters. The molecule has 2 atom stereocenters. The third kappa shape index (κ3) is 5.43. The fraction of sp³-hybridized carbons (Fsp3) is 0.722. The van der Waals surface area contributed by atoms with Crippen LogP contribution in [0, 0.1) is 0 Å². The van der Waals surface area contributed by atoms with Gasteiger partial charge < -0.3 is 19.9 Å². The molecular weight excluding hydrogens is 406 g/mol. The van der Waals surface area contributed by atoms with E-state index in [9.17, 15) is 13.6 Å². The molecule has 3 saturated heterocycles. The van der Waals surface area contributed by atoms with Crippen LogP contribution in [0.15, 0.2) is 12.4 Å². The molecular formula is C18H27ClF2N6O2. The highest BCUT2D eigenvalue weighted by Crippen LogP contribution is 2.26. The number of carbonyl (C=O) groups excluding carboxylic acids is 1. The molecule has 4 heterocycles. The maximum atomic E-state index is 13.3. The number of nitrogens with zero attached hydrogens (tertiary/aromatic N) is 4. The number of anilines is 2. The maximum Gasteiger partial charge on any atom is 0.262 e. The highest BCUT2D eigenvalue weighted by molar-refractivity contribution is 5.85. The molecule has 4 rings (SSSR count). The van der Waals surface area contributed by atoms with Crippen LogP contribution in [0.25, 0.3) is 0 Å². The molecule has 0 aliphatic carbocycles. The Balaban J connectivity index is 0.00000240. The minimum absolute atomic E-state index is 0. The minimum atomic E-state index is -2.81. The molecule has 0 radical (unpaired) electrons. The number of alkyl halides is 2. The van der Waals surface area contributed by atoms with E-state index < -0.39 is 24.9 Å². The van der Waals surface area contributed by atoms with Crippen molar-refractivity contribution < 1.29 is 18.3 Å². The van der Waals surface area contributed by atoms with E-state index in [4.69, 9.17) is 4.74 Å². The zero-order valence-electron chi connectivity index (χ0n) is 16.1. The van der Waals surface area contributed by atoms with Crippen LogP contribution in [0.4, 0.5) is 20.4 Å². The van der Waals surface area contributed by atoms with Gasteiger partial charge in [0, 0.05) is 44.7 Å². The summed E-state index contributed by atoms with van der Waals surface area (Å²) < 4.78 is 32.0. The quantitative estimate of drug-likeness (QED) is 0.728. The Morgan fingerprint density at radius 1 is 1.21 bits per heavy atom. The number of aromatic nitrogens is 2. The largest absolute Gasteiger partial charge is 0.378 e. The Bertz CT molecular complexity index is 707. The molecule has 11 heteroatoms. The molecule has 29 heavy (non-hydrogen) atoms. The number of nitrogens with one attached hydrogen (secondary N) is 2. The number of hydrogen-bond acceptors (Lipinski definition) is 7. The van der Waals surface area contributed by atoms with E-state index >= 15 is 0 Å². The van der Waals surface area contributed by atoms with Crippen LogP contribution in [0.2, 0.25) is 0 Å². The van der Waals surface area contributed by atoms with Gasteiger partial charge in [0.1, 0.15) is 18.0 Å². The highest BCUT2D eigenvalue weighted by atomic mass is 35.5. The van der Waals surface area contributed by atoms with Gasteiger partial charge >= 0.3 is 0 Å².